The third kappa shape index (κ3) is 4.70. The van der Waals surface area contributed by atoms with Crippen molar-refractivity contribution in [2.75, 3.05) is 13.7 Å². The Labute approximate surface area is 122 Å². The summed E-state index contributed by atoms with van der Waals surface area (Å²) < 4.78 is 5.48. The lowest BCUT2D eigenvalue weighted by Crippen LogP contribution is -2.24. The Morgan fingerprint density at radius 3 is 2.42 bits per heavy atom. The van der Waals surface area contributed by atoms with Gasteiger partial charge in [0.15, 0.2) is 0 Å². The third-order valence-corrected chi connectivity index (χ3v) is 3.98. The highest BCUT2D eigenvalue weighted by Crippen LogP contribution is 2.33. The minimum atomic E-state index is 0.309. The van der Waals surface area contributed by atoms with Gasteiger partial charge in [0.25, 0.3) is 0 Å². The quantitative estimate of drug-likeness (QED) is 0.738. The fourth-order valence-electron chi connectivity index (χ4n) is 2.50. The van der Waals surface area contributed by atoms with Crippen LogP contribution in [0.4, 0.5) is 0 Å². The second-order valence-corrected chi connectivity index (χ2v) is 5.35. The van der Waals surface area contributed by atoms with Gasteiger partial charge < -0.3 is 10.1 Å². The van der Waals surface area contributed by atoms with E-state index in [1.54, 1.807) is 7.11 Å². The predicted molar refractivity (Wildman–Crippen MR) is 83.1 cm³/mol. The molecule has 2 nitrogen and oxygen atoms in total. The van der Waals surface area contributed by atoms with Crippen LogP contribution in [0.25, 0.3) is 0 Å². The summed E-state index contributed by atoms with van der Waals surface area (Å²) in [6, 6.07) is 6.17. The van der Waals surface area contributed by atoms with E-state index in [2.05, 4.69) is 26.1 Å². The molecule has 0 heterocycles. The van der Waals surface area contributed by atoms with E-state index in [0.29, 0.717) is 6.04 Å². The molecule has 0 radical (unpaired) electrons. The van der Waals surface area contributed by atoms with E-state index in [1.165, 1.54) is 18.4 Å². The largest absolute Gasteiger partial charge is 0.496 e. The van der Waals surface area contributed by atoms with Gasteiger partial charge in [0.2, 0.25) is 0 Å². The SMILES string of the molecule is CCNC(CC(CC)CC)c1cc(Cl)ccc1OC. The summed E-state index contributed by atoms with van der Waals surface area (Å²) >= 11 is 6.14. The normalized spacial score (nSPS) is 12.7. The molecule has 1 aromatic rings. The first-order valence-corrected chi connectivity index (χ1v) is 7.60. The van der Waals surface area contributed by atoms with E-state index in [4.69, 9.17) is 16.3 Å². The number of ether oxygens (including phenoxy) is 1. The summed E-state index contributed by atoms with van der Waals surface area (Å²) in [6.45, 7) is 7.59. The van der Waals surface area contributed by atoms with Gasteiger partial charge in [0.1, 0.15) is 5.75 Å². The summed E-state index contributed by atoms with van der Waals surface area (Å²) in [4.78, 5) is 0. The molecule has 1 unspecified atom stereocenters. The van der Waals surface area contributed by atoms with Crippen molar-refractivity contribution in [2.24, 2.45) is 5.92 Å². The molecule has 0 amide bonds. The van der Waals surface area contributed by atoms with E-state index in [-0.39, 0.29) is 0 Å². The molecule has 19 heavy (non-hydrogen) atoms. The Morgan fingerprint density at radius 2 is 1.89 bits per heavy atom. The number of nitrogens with one attached hydrogen (secondary N) is 1. The van der Waals surface area contributed by atoms with Crippen LogP contribution in [0, 0.1) is 5.92 Å². The van der Waals surface area contributed by atoms with Crippen LogP contribution < -0.4 is 10.1 Å². The number of hydrogen-bond donors (Lipinski definition) is 1. The molecule has 0 saturated carbocycles. The van der Waals surface area contributed by atoms with Gasteiger partial charge in [-0.3, -0.25) is 0 Å². The molecule has 0 aliphatic carbocycles. The first-order chi connectivity index (χ1) is 9.15. The Kier molecular flexibility index (Phi) is 7.25. The number of hydrogen-bond acceptors (Lipinski definition) is 2. The Bertz CT molecular complexity index is 377. The summed E-state index contributed by atoms with van der Waals surface area (Å²) in [6.07, 6.45) is 3.54. The Balaban J connectivity index is 3.00. The lowest BCUT2D eigenvalue weighted by Gasteiger charge is -2.25. The molecule has 3 heteroatoms. The van der Waals surface area contributed by atoms with Crippen molar-refractivity contribution < 1.29 is 4.74 Å². The Morgan fingerprint density at radius 1 is 1.21 bits per heavy atom. The maximum Gasteiger partial charge on any atom is 0.123 e. The van der Waals surface area contributed by atoms with E-state index in [0.717, 1.165) is 29.7 Å². The molecule has 1 N–H and O–H groups in total. The van der Waals surface area contributed by atoms with E-state index in [9.17, 15) is 0 Å². The fourth-order valence-corrected chi connectivity index (χ4v) is 2.68. The number of benzene rings is 1. The number of rotatable bonds is 8. The minimum Gasteiger partial charge on any atom is -0.496 e. The highest BCUT2D eigenvalue weighted by atomic mass is 35.5. The maximum absolute atomic E-state index is 6.14. The summed E-state index contributed by atoms with van der Waals surface area (Å²) in [7, 11) is 1.72. The van der Waals surface area contributed by atoms with Crippen molar-refractivity contribution in [3.05, 3.63) is 28.8 Å². The summed E-state index contributed by atoms with van der Waals surface area (Å²) in [5, 5.41) is 4.33. The zero-order valence-corrected chi connectivity index (χ0v) is 13.3. The lowest BCUT2D eigenvalue weighted by atomic mass is 9.90. The molecule has 0 aliphatic rings. The number of methoxy groups -OCH3 is 1. The molecule has 0 fully saturated rings. The minimum absolute atomic E-state index is 0.309. The molecule has 1 rings (SSSR count). The molecule has 0 bridgehead atoms. The molecule has 0 aliphatic heterocycles. The number of halogens is 1. The zero-order chi connectivity index (χ0) is 14.3. The highest BCUT2D eigenvalue weighted by molar-refractivity contribution is 6.30. The van der Waals surface area contributed by atoms with Gasteiger partial charge in [-0.2, -0.15) is 0 Å². The standard InChI is InChI=1S/C16H26ClNO/c1-5-12(6-2)10-15(18-7-3)14-11-13(17)8-9-16(14)19-4/h8-9,11-12,15,18H,5-7,10H2,1-4H3. The third-order valence-electron chi connectivity index (χ3n) is 3.74. The topological polar surface area (TPSA) is 21.3 Å². The van der Waals surface area contributed by atoms with Crippen molar-refractivity contribution >= 4 is 11.6 Å². The maximum atomic E-state index is 6.14. The summed E-state index contributed by atoms with van der Waals surface area (Å²) in [5.41, 5.74) is 1.17. The second kappa shape index (κ2) is 8.44. The van der Waals surface area contributed by atoms with Crippen molar-refractivity contribution in [3.8, 4) is 5.75 Å². The van der Waals surface area contributed by atoms with Crippen LogP contribution in [-0.2, 0) is 0 Å². The van der Waals surface area contributed by atoms with E-state index >= 15 is 0 Å². The molecule has 1 aromatic carbocycles. The van der Waals surface area contributed by atoms with Crippen LogP contribution in [0.2, 0.25) is 5.02 Å². The molecule has 1 atom stereocenters. The van der Waals surface area contributed by atoms with E-state index < -0.39 is 0 Å². The van der Waals surface area contributed by atoms with Crippen molar-refractivity contribution in [1.82, 2.24) is 5.32 Å². The van der Waals surface area contributed by atoms with Crippen LogP contribution in [0.15, 0.2) is 18.2 Å². The molecular weight excluding hydrogens is 258 g/mol. The smallest absolute Gasteiger partial charge is 0.123 e. The van der Waals surface area contributed by atoms with Gasteiger partial charge in [-0.15, -0.1) is 0 Å². The zero-order valence-electron chi connectivity index (χ0n) is 12.5. The average molecular weight is 284 g/mol. The van der Waals surface area contributed by atoms with Crippen LogP contribution >= 0.6 is 11.6 Å². The van der Waals surface area contributed by atoms with Crippen molar-refractivity contribution in [3.63, 3.8) is 0 Å². The molecule has 0 saturated heterocycles. The van der Waals surface area contributed by atoms with Crippen LogP contribution in [0.3, 0.4) is 0 Å². The fraction of sp³-hybridized carbons (Fsp3) is 0.625. The van der Waals surface area contributed by atoms with Crippen LogP contribution in [-0.4, -0.2) is 13.7 Å². The van der Waals surface area contributed by atoms with E-state index in [1.807, 2.05) is 18.2 Å². The average Bonchev–Trinajstić information content (AvgIpc) is 2.43. The van der Waals surface area contributed by atoms with Gasteiger partial charge in [0.05, 0.1) is 7.11 Å². The highest BCUT2D eigenvalue weighted by Gasteiger charge is 2.19. The first kappa shape index (κ1) is 16.3. The van der Waals surface area contributed by atoms with Crippen molar-refractivity contribution in [2.45, 2.75) is 46.1 Å². The first-order valence-electron chi connectivity index (χ1n) is 7.22. The van der Waals surface area contributed by atoms with Gasteiger partial charge in [0, 0.05) is 16.6 Å². The van der Waals surface area contributed by atoms with Gasteiger partial charge in [-0.1, -0.05) is 45.2 Å². The second-order valence-electron chi connectivity index (χ2n) is 4.91. The monoisotopic (exact) mass is 283 g/mol. The van der Waals surface area contributed by atoms with Crippen LogP contribution in [0.5, 0.6) is 5.75 Å². The lowest BCUT2D eigenvalue weighted by molar-refractivity contribution is 0.356. The predicted octanol–water partition coefficient (Wildman–Crippen LogP) is 4.83. The molecule has 0 aromatic heterocycles. The Hall–Kier alpha value is -0.730. The van der Waals surface area contributed by atoms with Crippen LogP contribution in [0.1, 0.15) is 51.6 Å². The summed E-state index contributed by atoms with van der Waals surface area (Å²) in [5.74, 6) is 1.65. The van der Waals surface area contributed by atoms with Gasteiger partial charge in [-0.25, -0.2) is 0 Å². The molecular formula is C16H26ClNO. The van der Waals surface area contributed by atoms with Crippen molar-refractivity contribution in [1.29, 1.82) is 0 Å². The van der Waals surface area contributed by atoms with Gasteiger partial charge >= 0.3 is 0 Å². The molecule has 108 valence electrons. The molecule has 0 spiro atoms. The van der Waals surface area contributed by atoms with Gasteiger partial charge in [-0.05, 0) is 37.1 Å².